The number of carbonyl (C=O) groups is 1. The minimum atomic E-state index is -2.06. The number of benzene rings is 1. The fourth-order valence-electron chi connectivity index (χ4n) is 1.56. The lowest BCUT2D eigenvalue weighted by Gasteiger charge is -2.19. The van der Waals surface area contributed by atoms with Crippen LogP contribution in [0.1, 0.15) is 18.5 Å². The Morgan fingerprint density at radius 3 is 2.68 bits per heavy atom. The number of hydrogen-bond donors (Lipinski definition) is 2. The lowest BCUT2D eigenvalue weighted by Crippen LogP contribution is -2.31. The maximum Gasteiger partial charge on any atom is 0.342 e. The predicted molar refractivity (Wildman–Crippen MR) is 70.4 cm³/mol. The highest BCUT2D eigenvalue weighted by atomic mass is 35.5. The van der Waals surface area contributed by atoms with Gasteiger partial charge in [0.15, 0.2) is 0 Å². The third-order valence-electron chi connectivity index (χ3n) is 2.42. The van der Waals surface area contributed by atoms with E-state index in [4.69, 9.17) is 10.5 Å². The molecule has 0 aliphatic heterocycles. The Bertz CT molecular complexity index is 430. The van der Waals surface area contributed by atoms with Gasteiger partial charge in [-0.05, 0) is 19.1 Å². The van der Waals surface area contributed by atoms with Gasteiger partial charge in [0.2, 0.25) is 6.17 Å². The number of aromatic hydroxyl groups is 1. The van der Waals surface area contributed by atoms with Gasteiger partial charge in [0.1, 0.15) is 11.5 Å². The molecule has 0 heterocycles. The molecule has 0 bridgehead atoms. The van der Waals surface area contributed by atoms with Crippen LogP contribution in [-0.4, -0.2) is 31.0 Å². The zero-order chi connectivity index (χ0) is 13.7. The topological polar surface area (TPSA) is 81.8 Å². The summed E-state index contributed by atoms with van der Waals surface area (Å²) in [6.07, 6.45) is -2.06. The Morgan fingerprint density at radius 1 is 1.53 bits per heavy atom. The number of alkyl halides is 1. The van der Waals surface area contributed by atoms with Crippen LogP contribution in [0, 0.1) is 0 Å². The average Bonchev–Trinajstić information content (AvgIpc) is 2.36. The fraction of sp³-hybridized carbons (Fsp3) is 0.417. The number of esters is 1. The van der Waals surface area contributed by atoms with Gasteiger partial charge in [-0.2, -0.15) is 0 Å². The molecule has 0 aromatic heterocycles. The van der Waals surface area contributed by atoms with E-state index >= 15 is 0 Å². The van der Waals surface area contributed by atoms with Crippen molar-refractivity contribution in [3.8, 4) is 11.5 Å². The molecule has 5 nitrogen and oxygen atoms in total. The smallest absolute Gasteiger partial charge is 0.342 e. The normalized spacial score (nSPS) is 13.1. The third-order valence-corrected chi connectivity index (χ3v) is 2.42. The minimum absolute atomic E-state index is 0. The lowest BCUT2D eigenvalue weighted by atomic mass is 10.0. The Balaban J connectivity index is 0.00000324. The quantitative estimate of drug-likeness (QED) is 0.808. The van der Waals surface area contributed by atoms with Gasteiger partial charge in [-0.1, -0.05) is 6.07 Å². The second kappa shape index (κ2) is 7.81. The zero-order valence-electron chi connectivity index (χ0n) is 10.6. The van der Waals surface area contributed by atoms with E-state index in [9.17, 15) is 14.3 Å². The van der Waals surface area contributed by atoms with Crippen molar-refractivity contribution in [2.24, 2.45) is 5.73 Å². The van der Waals surface area contributed by atoms with Crippen LogP contribution >= 0.6 is 12.4 Å². The first kappa shape index (κ1) is 17.5. The molecular formula is C12H17ClFNO4. The second-order valence-corrected chi connectivity index (χ2v) is 3.57. The van der Waals surface area contributed by atoms with E-state index in [0.29, 0.717) is 0 Å². The van der Waals surface area contributed by atoms with Crippen molar-refractivity contribution in [2.75, 3.05) is 13.7 Å². The highest BCUT2D eigenvalue weighted by Gasteiger charge is 2.31. The van der Waals surface area contributed by atoms with E-state index in [-0.39, 0.29) is 36.1 Å². The van der Waals surface area contributed by atoms with Crippen molar-refractivity contribution in [1.82, 2.24) is 0 Å². The van der Waals surface area contributed by atoms with Gasteiger partial charge in [-0.3, -0.25) is 0 Å². The van der Waals surface area contributed by atoms with Crippen LogP contribution in [0.25, 0.3) is 0 Å². The first-order valence-corrected chi connectivity index (χ1v) is 5.45. The van der Waals surface area contributed by atoms with E-state index in [1.807, 2.05) is 0 Å². The Labute approximate surface area is 116 Å². The molecule has 0 aliphatic rings. The highest BCUT2D eigenvalue weighted by molar-refractivity contribution is 5.85. The molecule has 0 amide bonds. The largest absolute Gasteiger partial charge is 0.507 e. The van der Waals surface area contributed by atoms with Crippen LogP contribution in [0.4, 0.5) is 4.39 Å². The minimum Gasteiger partial charge on any atom is -0.507 e. The molecule has 0 spiro atoms. The summed E-state index contributed by atoms with van der Waals surface area (Å²) in [6.45, 7) is 1.63. The summed E-state index contributed by atoms with van der Waals surface area (Å²) in [5.41, 5.74) is 5.67. The molecule has 3 N–H and O–H groups in total. The van der Waals surface area contributed by atoms with Gasteiger partial charge in [0, 0.05) is 0 Å². The fourth-order valence-corrected chi connectivity index (χ4v) is 1.56. The van der Waals surface area contributed by atoms with Gasteiger partial charge >= 0.3 is 5.97 Å². The molecule has 0 saturated heterocycles. The van der Waals surface area contributed by atoms with Crippen LogP contribution in [0.5, 0.6) is 11.5 Å². The number of carbonyl (C=O) groups excluding carboxylic acids is 1. The SMILES string of the molecule is CCOC(=O)C(F)[C@H](N)c1c(O)cccc1OC.Cl. The van der Waals surface area contributed by atoms with Crippen molar-refractivity contribution in [1.29, 1.82) is 0 Å². The summed E-state index contributed by atoms with van der Waals surface area (Å²) in [5, 5.41) is 9.67. The van der Waals surface area contributed by atoms with Crippen LogP contribution in [0.15, 0.2) is 18.2 Å². The highest BCUT2D eigenvalue weighted by Crippen LogP contribution is 2.34. The number of phenols is 1. The Morgan fingerprint density at radius 2 is 2.16 bits per heavy atom. The molecule has 2 atom stereocenters. The van der Waals surface area contributed by atoms with E-state index in [0.717, 1.165) is 0 Å². The van der Waals surface area contributed by atoms with Crippen molar-refractivity contribution in [3.63, 3.8) is 0 Å². The molecule has 0 radical (unpaired) electrons. The van der Waals surface area contributed by atoms with Crippen LogP contribution < -0.4 is 10.5 Å². The van der Waals surface area contributed by atoms with Crippen LogP contribution in [0.2, 0.25) is 0 Å². The summed E-state index contributed by atoms with van der Waals surface area (Å²) in [6, 6.07) is 3.05. The van der Waals surface area contributed by atoms with Gasteiger partial charge < -0.3 is 20.3 Å². The summed E-state index contributed by atoms with van der Waals surface area (Å²) < 4.78 is 23.3. The molecule has 1 unspecified atom stereocenters. The third kappa shape index (κ3) is 3.97. The summed E-state index contributed by atoms with van der Waals surface area (Å²) in [7, 11) is 1.36. The van der Waals surface area contributed by atoms with Gasteiger partial charge in [-0.25, -0.2) is 9.18 Å². The Hall–Kier alpha value is -1.53. The number of phenolic OH excluding ortho intramolecular Hbond substituents is 1. The first-order valence-electron chi connectivity index (χ1n) is 5.45. The number of hydrogen-bond acceptors (Lipinski definition) is 5. The number of rotatable bonds is 5. The number of methoxy groups -OCH3 is 1. The van der Waals surface area contributed by atoms with E-state index in [1.165, 1.54) is 25.3 Å². The molecule has 1 aromatic carbocycles. The molecule has 7 heteroatoms. The Kier molecular flexibility index (Phi) is 7.18. The molecule has 0 fully saturated rings. The monoisotopic (exact) mass is 293 g/mol. The first-order chi connectivity index (χ1) is 8.52. The molecule has 0 aliphatic carbocycles. The molecule has 108 valence electrons. The van der Waals surface area contributed by atoms with Crippen LogP contribution in [-0.2, 0) is 9.53 Å². The second-order valence-electron chi connectivity index (χ2n) is 3.57. The number of nitrogens with two attached hydrogens (primary N) is 1. The summed E-state index contributed by atoms with van der Waals surface area (Å²) >= 11 is 0. The van der Waals surface area contributed by atoms with Crippen molar-refractivity contribution in [3.05, 3.63) is 23.8 Å². The molecular weight excluding hydrogens is 277 g/mol. The molecule has 0 saturated carbocycles. The maximum atomic E-state index is 13.8. The number of halogens is 2. The summed E-state index contributed by atoms with van der Waals surface area (Å²) in [4.78, 5) is 11.3. The molecule has 19 heavy (non-hydrogen) atoms. The van der Waals surface area contributed by atoms with Gasteiger partial charge in [-0.15, -0.1) is 12.4 Å². The number of ether oxygens (including phenoxy) is 2. The van der Waals surface area contributed by atoms with Gasteiger partial charge in [0.05, 0.1) is 25.3 Å². The predicted octanol–water partition coefficient (Wildman–Crippen LogP) is 1.72. The van der Waals surface area contributed by atoms with Crippen LogP contribution in [0.3, 0.4) is 0 Å². The standard InChI is InChI=1S/C12H16FNO4.ClH/c1-3-18-12(16)10(13)11(14)9-7(15)5-4-6-8(9)17-2;/h4-6,10-11,15H,3,14H2,1-2H3;1H/t10?,11-;/m1./s1. The van der Waals surface area contributed by atoms with Crippen molar-refractivity contribution in [2.45, 2.75) is 19.1 Å². The molecule has 1 aromatic rings. The zero-order valence-corrected chi connectivity index (χ0v) is 11.4. The molecule has 1 rings (SSSR count). The van der Waals surface area contributed by atoms with Crippen molar-refractivity contribution < 1.29 is 23.8 Å². The van der Waals surface area contributed by atoms with E-state index in [1.54, 1.807) is 6.92 Å². The summed E-state index contributed by atoms with van der Waals surface area (Å²) in [5.74, 6) is -1.07. The van der Waals surface area contributed by atoms with Crippen molar-refractivity contribution >= 4 is 18.4 Å². The van der Waals surface area contributed by atoms with Gasteiger partial charge in [0.25, 0.3) is 0 Å². The maximum absolute atomic E-state index is 13.8. The average molecular weight is 294 g/mol. The van der Waals surface area contributed by atoms with E-state index < -0.39 is 18.2 Å². The van der Waals surface area contributed by atoms with E-state index in [2.05, 4.69) is 4.74 Å². The lowest BCUT2D eigenvalue weighted by molar-refractivity contribution is -0.149.